The molecule has 1 atom stereocenters. The molecular weight excluding hydrogens is 309 g/mol. The minimum atomic E-state index is -4.23. The van der Waals surface area contributed by atoms with Gasteiger partial charge in [-0.05, 0) is 32.4 Å². The molecule has 1 aliphatic heterocycles. The molecule has 0 unspecified atom stereocenters. The summed E-state index contributed by atoms with van der Waals surface area (Å²) in [5, 5.41) is 10.1. The van der Waals surface area contributed by atoms with Gasteiger partial charge in [0.2, 0.25) is 5.13 Å². The van der Waals surface area contributed by atoms with Gasteiger partial charge < -0.3 is 10.2 Å². The van der Waals surface area contributed by atoms with E-state index in [9.17, 15) is 13.2 Å². The Morgan fingerprint density at radius 1 is 1.45 bits per heavy atom. The fourth-order valence-corrected chi connectivity index (χ4v) is 4.01. The summed E-state index contributed by atoms with van der Waals surface area (Å²) in [6.45, 7) is 1.15. The second-order valence-corrected chi connectivity index (χ2v) is 7.17. The Labute approximate surface area is 124 Å². The van der Waals surface area contributed by atoms with Crippen LogP contribution in [0.4, 0.5) is 18.3 Å². The van der Waals surface area contributed by atoms with Crippen molar-refractivity contribution in [2.45, 2.75) is 23.4 Å². The molecule has 114 valence electrons. The first-order valence-electron chi connectivity index (χ1n) is 6.38. The van der Waals surface area contributed by atoms with E-state index in [0.29, 0.717) is 5.92 Å². The number of nitrogens with one attached hydrogen (secondary N) is 1. The van der Waals surface area contributed by atoms with Crippen molar-refractivity contribution < 1.29 is 13.2 Å². The van der Waals surface area contributed by atoms with Crippen LogP contribution in [-0.2, 0) is 0 Å². The van der Waals surface area contributed by atoms with Gasteiger partial charge in [-0.15, -0.1) is 10.2 Å². The summed E-state index contributed by atoms with van der Waals surface area (Å²) in [5.41, 5.74) is 0. The highest BCUT2D eigenvalue weighted by Gasteiger charge is 2.27. The zero-order chi connectivity index (χ0) is 14.6. The normalized spacial score (nSPS) is 21.1. The Hall–Kier alpha value is -0.540. The molecule has 1 saturated heterocycles. The molecule has 2 heterocycles. The maximum atomic E-state index is 12.1. The van der Waals surface area contributed by atoms with Gasteiger partial charge in [-0.1, -0.05) is 23.1 Å². The Kier molecular flexibility index (Phi) is 5.50. The lowest BCUT2D eigenvalue weighted by Crippen LogP contribution is -2.33. The van der Waals surface area contributed by atoms with Crippen molar-refractivity contribution in [3.63, 3.8) is 0 Å². The summed E-state index contributed by atoms with van der Waals surface area (Å²) in [4.78, 5) is 2.31. The number of nitrogens with zero attached hydrogens (tertiary/aromatic N) is 3. The third kappa shape index (κ3) is 5.45. The molecular formula is C11H17F3N4S2. The lowest BCUT2D eigenvalue weighted by Gasteiger charge is -2.29. The number of aromatic nitrogens is 2. The minimum absolute atomic E-state index is 0.227. The fourth-order valence-electron chi connectivity index (χ4n) is 2.11. The maximum absolute atomic E-state index is 12.1. The van der Waals surface area contributed by atoms with Crippen LogP contribution < -0.4 is 5.32 Å². The van der Waals surface area contributed by atoms with E-state index in [0.717, 1.165) is 23.2 Å². The summed E-state index contributed by atoms with van der Waals surface area (Å²) in [6.07, 6.45) is -1.82. The number of piperidine rings is 1. The molecule has 20 heavy (non-hydrogen) atoms. The minimum Gasteiger partial charge on any atom is -0.351 e. The molecule has 0 aliphatic carbocycles. The highest BCUT2D eigenvalue weighted by Crippen LogP contribution is 2.29. The Morgan fingerprint density at radius 2 is 2.25 bits per heavy atom. The number of hydrogen-bond acceptors (Lipinski definition) is 6. The lowest BCUT2D eigenvalue weighted by molar-refractivity contribution is -0.115. The average Bonchev–Trinajstić information content (AvgIpc) is 2.81. The Bertz CT molecular complexity index is 424. The quantitative estimate of drug-likeness (QED) is 0.843. The highest BCUT2D eigenvalue weighted by atomic mass is 32.2. The van der Waals surface area contributed by atoms with E-state index in [1.54, 1.807) is 11.8 Å². The third-order valence-corrected chi connectivity index (χ3v) is 5.26. The fraction of sp³-hybridized carbons (Fsp3) is 0.818. The molecule has 1 fully saturated rings. The van der Waals surface area contributed by atoms with Crippen LogP contribution in [0.5, 0.6) is 0 Å². The van der Waals surface area contributed by atoms with Gasteiger partial charge >= 0.3 is 6.18 Å². The predicted octanol–water partition coefficient (Wildman–Crippen LogP) is 2.95. The summed E-state index contributed by atoms with van der Waals surface area (Å²) in [7, 11) is 2.11. The van der Waals surface area contributed by atoms with Gasteiger partial charge in [-0.25, -0.2) is 0 Å². The van der Waals surface area contributed by atoms with E-state index >= 15 is 0 Å². The average molecular weight is 326 g/mol. The van der Waals surface area contributed by atoms with Crippen molar-refractivity contribution >= 4 is 28.2 Å². The standard InChI is InChI=1S/C11H17F3N4S2/c1-18-4-2-3-8(5-18)6-19-10-17-16-9(20-10)15-7-11(12,13)14/h8H,2-7H2,1H3,(H,15,16)/t8-/m1/s1. The van der Waals surface area contributed by atoms with Crippen molar-refractivity contribution in [2.75, 3.05) is 37.8 Å². The van der Waals surface area contributed by atoms with Gasteiger partial charge in [0.25, 0.3) is 0 Å². The lowest BCUT2D eigenvalue weighted by atomic mass is 10.0. The Balaban J connectivity index is 1.75. The first-order chi connectivity index (χ1) is 9.42. The number of likely N-dealkylation sites (tertiary alicyclic amines) is 1. The Morgan fingerprint density at radius 3 is 2.95 bits per heavy atom. The first kappa shape index (κ1) is 15.8. The molecule has 0 saturated carbocycles. The van der Waals surface area contributed by atoms with Crippen LogP contribution in [-0.4, -0.2) is 53.7 Å². The number of halogens is 3. The molecule has 1 aromatic heterocycles. The first-order valence-corrected chi connectivity index (χ1v) is 8.18. The molecule has 1 N–H and O–H groups in total. The number of anilines is 1. The topological polar surface area (TPSA) is 41.1 Å². The third-order valence-electron chi connectivity index (χ3n) is 3.01. The van der Waals surface area contributed by atoms with Crippen LogP contribution in [0.3, 0.4) is 0 Å². The van der Waals surface area contributed by atoms with Gasteiger partial charge in [-0.3, -0.25) is 0 Å². The van der Waals surface area contributed by atoms with Crippen molar-refractivity contribution in [3.05, 3.63) is 0 Å². The number of thioether (sulfide) groups is 1. The smallest absolute Gasteiger partial charge is 0.351 e. The van der Waals surface area contributed by atoms with E-state index in [1.165, 1.54) is 24.2 Å². The van der Waals surface area contributed by atoms with E-state index < -0.39 is 12.7 Å². The largest absolute Gasteiger partial charge is 0.405 e. The molecule has 0 radical (unpaired) electrons. The van der Waals surface area contributed by atoms with Crippen LogP contribution >= 0.6 is 23.1 Å². The SMILES string of the molecule is CN1CCC[C@@H](CSc2nnc(NCC(F)(F)F)s2)C1. The van der Waals surface area contributed by atoms with E-state index in [-0.39, 0.29) is 5.13 Å². The zero-order valence-electron chi connectivity index (χ0n) is 11.1. The summed E-state index contributed by atoms with van der Waals surface area (Å²) < 4.78 is 36.9. The van der Waals surface area contributed by atoms with Crippen LogP contribution in [0, 0.1) is 5.92 Å². The van der Waals surface area contributed by atoms with Gasteiger partial charge in [-0.2, -0.15) is 13.2 Å². The second kappa shape index (κ2) is 6.95. The van der Waals surface area contributed by atoms with Gasteiger partial charge in [0.1, 0.15) is 6.54 Å². The molecule has 0 amide bonds. The zero-order valence-corrected chi connectivity index (χ0v) is 12.7. The number of alkyl halides is 3. The molecule has 1 aromatic rings. The number of rotatable bonds is 5. The summed E-state index contributed by atoms with van der Waals surface area (Å²) in [5.74, 6) is 1.56. The molecule has 4 nitrogen and oxygen atoms in total. The summed E-state index contributed by atoms with van der Waals surface area (Å²) in [6, 6.07) is 0. The number of hydrogen-bond donors (Lipinski definition) is 1. The van der Waals surface area contributed by atoms with Crippen molar-refractivity contribution in [1.82, 2.24) is 15.1 Å². The van der Waals surface area contributed by atoms with Gasteiger partial charge in [0.15, 0.2) is 4.34 Å². The van der Waals surface area contributed by atoms with Gasteiger partial charge in [0.05, 0.1) is 0 Å². The van der Waals surface area contributed by atoms with Gasteiger partial charge in [0, 0.05) is 12.3 Å². The second-order valence-electron chi connectivity index (χ2n) is 4.92. The molecule has 0 spiro atoms. The monoisotopic (exact) mass is 326 g/mol. The molecule has 2 rings (SSSR count). The van der Waals surface area contributed by atoms with E-state index in [4.69, 9.17) is 0 Å². The van der Waals surface area contributed by atoms with Crippen LogP contribution in [0.2, 0.25) is 0 Å². The van der Waals surface area contributed by atoms with Crippen molar-refractivity contribution in [3.8, 4) is 0 Å². The van der Waals surface area contributed by atoms with Crippen LogP contribution in [0.15, 0.2) is 4.34 Å². The van der Waals surface area contributed by atoms with Crippen LogP contribution in [0.1, 0.15) is 12.8 Å². The predicted molar refractivity (Wildman–Crippen MR) is 75.4 cm³/mol. The van der Waals surface area contributed by atoms with Crippen molar-refractivity contribution in [2.24, 2.45) is 5.92 Å². The van der Waals surface area contributed by atoms with E-state index in [2.05, 4.69) is 27.5 Å². The molecule has 1 aliphatic rings. The highest BCUT2D eigenvalue weighted by molar-refractivity contribution is 8.01. The van der Waals surface area contributed by atoms with Crippen LogP contribution in [0.25, 0.3) is 0 Å². The maximum Gasteiger partial charge on any atom is 0.405 e. The molecule has 0 aromatic carbocycles. The molecule has 0 bridgehead atoms. The molecule has 9 heteroatoms. The van der Waals surface area contributed by atoms with E-state index in [1.807, 2.05) is 0 Å². The summed E-state index contributed by atoms with van der Waals surface area (Å²) >= 11 is 2.76. The van der Waals surface area contributed by atoms with Crippen molar-refractivity contribution in [1.29, 1.82) is 0 Å².